The lowest BCUT2D eigenvalue weighted by molar-refractivity contribution is 0.578. The fourth-order valence-corrected chi connectivity index (χ4v) is 1.09. The van der Waals surface area contributed by atoms with Crippen molar-refractivity contribution in [1.29, 1.82) is 0 Å². The van der Waals surface area contributed by atoms with Gasteiger partial charge < -0.3 is 5.73 Å². The molecule has 0 saturated carbocycles. The van der Waals surface area contributed by atoms with Gasteiger partial charge in [0.2, 0.25) is 5.95 Å². The Morgan fingerprint density at radius 3 is 2.42 bits per heavy atom. The summed E-state index contributed by atoms with van der Waals surface area (Å²) in [6, 6.07) is 6.84. The summed E-state index contributed by atoms with van der Waals surface area (Å²) in [5.41, 5.74) is 5.48. The second kappa shape index (κ2) is 2.41. The van der Waals surface area contributed by atoms with Crippen molar-refractivity contribution in [2.75, 3.05) is 5.73 Å². The number of nitrogens with two attached hydrogens (primary N) is 1. The molecular weight excluding hydrogens is 157 g/mol. The van der Waals surface area contributed by atoms with Crippen molar-refractivity contribution in [3.63, 3.8) is 0 Å². The summed E-state index contributed by atoms with van der Waals surface area (Å²) >= 11 is 0. The molecule has 1 heterocycles. The third-order valence-corrected chi connectivity index (χ3v) is 1.67. The van der Waals surface area contributed by atoms with E-state index in [2.05, 4.69) is 10.2 Å². The van der Waals surface area contributed by atoms with E-state index in [4.69, 9.17) is 5.73 Å². The van der Waals surface area contributed by atoms with E-state index in [0.29, 0.717) is 10.8 Å². The number of rotatable bonds is 0. The van der Waals surface area contributed by atoms with Crippen LogP contribution in [0.1, 0.15) is 0 Å². The topological polar surface area (TPSA) is 51.8 Å². The van der Waals surface area contributed by atoms with Crippen molar-refractivity contribution >= 4 is 16.6 Å². The monoisotopic (exact) mass is 163 g/mol. The third-order valence-electron chi connectivity index (χ3n) is 1.67. The molecule has 2 rings (SSSR count). The van der Waals surface area contributed by atoms with Crippen molar-refractivity contribution < 1.29 is 4.39 Å². The van der Waals surface area contributed by atoms with Crippen LogP contribution in [0.5, 0.6) is 0 Å². The van der Waals surface area contributed by atoms with Gasteiger partial charge in [0, 0.05) is 10.8 Å². The van der Waals surface area contributed by atoms with E-state index in [1.165, 1.54) is 0 Å². The number of benzene rings is 1. The first-order valence-electron chi connectivity index (χ1n) is 3.45. The van der Waals surface area contributed by atoms with Gasteiger partial charge in [0.25, 0.3) is 0 Å². The van der Waals surface area contributed by atoms with E-state index in [9.17, 15) is 4.39 Å². The highest BCUT2D eigenvalue weighted by Crippen LogP contribution is 2.18. The summed E-state index contributed by atoms with van der Waals surface area (Å²) in [6.07, 6.45) is 0. The number of anilines is 1. The molecule has 2 aromatic rings. The summed E-state index contributed by atoms with van der Waals surface area (Å²) in [7, 11) is 0. The minimum Gasteiger partial charge on any atom is -0.382 e. The molecule has 0 spiro atoms. The molecule has 0 aliphatic carbocycles. The Hall–Kier alpha value is -1.71. The SMILES string of the molecule is Nc1nnc(F)c2ccccc12. The van der Waals surface area contributed by atoms with Crippen molar-refractivity contribution in [1.82, 2.24) is 10.2 Å². The lowest BCUT2D eigenvalue weighted by Crippen LogP contribution is -1.97. The van der Waals surface area contributed by atoms with Gasteiger partial charge >= 0.3 is 0 Å². The molecule has 60 valence electrons. The van der Waals surface area contributed by atoms with Crippen molar-refractivity contribution in [2.45, 2.75) is 0 Å². The standard InChI is InChI=1S/C8H6FN3/c9-7-5-3-1-2-4-6(5)8(10)12-11-7/h1-4H,(H2,10,12). The maximum atomic E-state index is 12.9. The zero-order valence-corrected chi connectivity index (χ0v) is 6.16. The second-order valence-corrected chi connectivity index (χ2v) is 2.42. The minimum atomic E-state index is -0.584. The van der Waals surface area contributed by atoms with Gasteiger partial charge in [-0.3, -0.25) is 0 Å². The largest absolute Gasteiger partial charge is 0.382 e. The number of fused-ring (bicyclic) bond motifs is 1. The van der Waals surface area contributed by atoms with E-state index < -0.39 is 5.95 Å². The molecule has 0 fully saturated rings. The zero-order valence-electron chi connectivity index (χ0n) is 6.16. The summed E-state index contributed by atoms with van der Waals surface area (Å²) in [5.74, 6) is -0.327. The Morgan fingerprint density at radius 1 is 1.08 bits per heavy atom. The van der Waals surface area contributed by atoms with Crippen LogP contribution in [0.3, 0.4) is 0 Å². The highest BCUT2D eigenvalue weighted by Gasteiger charge is 2.04. The first kappa shape index (κ1) is 6.97. The first-order chi connectivity index (χ1) is 5.79. The number of hydrogen-bond donors (Lipinski definition) is 1. The third kappa shape index (κ3) is 0.887. The fraction of sp³-hybridized carbons (Fsp3) is 0. The molecule has 1 aromatic heterocycles. The molecule has 12 heavy (non-hydrogen) atoms. The summed E-state index contributed by atoms with van der Waals surface area (Å²) < 4.78 is 12.9. The Labute approximate surface area is 68.0 Å². The number of nitrogen functional groups attached to an aromatic ring is 1. The van der Waals surface area contributed by atoms with Gasteiger partial charge in [-0.2, -0.15) is 4.39 Å². The van der Waals surface area contributed by atoms with E-state index in [1.807, 2.05) is 0 Å². The molecule has 0 amide bonds. The Balaban J connectivity index is 2.95. The minimum absolute atomic E-state index is 0.256. The number of hydrogen-bond acceptors (Lipinski definition) is 3. The van der Waals surface area contributed by atoms with Crippen LogP contribution >= 0.6 is 0 Å². The van der Waals surface area contributed by atoms with Crippen molar-refractivity contribution in [3.8, 4) is 0 Å². The normalized spacial score (nSPS) is 10.4. The number of halogens is 1. The van der Waals surface area contributed by atoms with Gasteiger partial charge in [-0.05, 0) is 6.07 Å². The van der Waals surface area contributed by atoms with Crippen molar-refractivity contribution in [2.24, 2.45) is 0 Å². The predicted molar refractivity (Wildman–Crippen MR) is 43.9 cm³/mol. The van der Waals surface area contributed by atoms with Gasteiger partial charge in [-0.1, -0.05) is 18.2 Å². The average Bonchev–Trinajstić information content (AvgIpc) is 2.12. The first-order valence-corrected chi connectivity index (χ1v) is 3.45. The molecule has 0 bridgehead atoms. The lowest BCUT2D eigenvalue weighted by Gasteiger charge is -1.98. The Morgan fingerprint density at radius 2 is 1.75 bits per heavy atom. The number of aromatic nitrogens is 2. The predicted octanol–water partition coefficient (Wildman–Crippen LogP) is 1.35. The van der Waals surface area contributed by atoms with Crippen LogP contribution in [0.15, 0.2) is 24.3 Å². The molecule has 0 aliphatic heterocycles. The maximum Gasteiger partial charge on any atom is 0.241 e. The number of nitrogens with zero attached hydrogens (tertiary/aromatic N) is 2. The van der Waals surface area contributed by atoms with Gasteiger partial charge in [0.05, 0.1) is 0 Å². The van der Waals surface area contributed by atoms with Crippen LogP contribution < -0.4 is 5.73 Å². The summed E-state index contributed by atoms with van der Waals surface area (Å²) in [4.78, 5) is 0. The van der Waals surface area contributed by atoms with Gasteiger partial charge in [-0.25, -0.2) is 0 Å². The molecule has 0 radical (unpaired) electrons. The molecule has 3 nitrogen and oxygen atoms in total. The Kier molecular flexibility index (Phi) is 1.40. The molecule has 0 saturated heterocycles. The summed E-state index contributed by atoms with van der Waals surface area (Å²) in [6.45, 7) is 0. The molecule has 1 aromatic carbocycles. The van der Waals surface area contributed by atoms with Crippen LogP contribution in [-0.2, 0) is 0 Å². The second-order valence-electron chi connectivity index (χ2n) is 2.42. The van der Waals surface area contributed by atoms with Gasteiger partial charge in [0.15, 0.2) is 5.82 Å². The van der Waals surface area contributed by atoms with Crippen LogP contribution in [0.2, 0.25) is 0 Å². The van der Waals surface area contributed by atoms with E-state index in [0.717, 1.165) is 0 Å². The lowest BCUT2D eigenvalue weighted by atomic mass is 10.2. The van der Waals surface area contributed by atoms with Crippen molar-refractivity contribution in [3.05, 3.63) is 30.2 Å². The maximum absolute atomic E-state index is 12.9. The quantitative estimate of drug-likeness (QED) is 0.637. The Bertz CT molecular complexity index is 387. The van der Waals surface area contributed by atoms with Crippen LogP contribution in [0, 0.1) is 5.95 Å². The molecule has 4 heteroatoms. The molecule has 0 unspecified atom stereocenters. The van der Waals surface area contributed by atoms with E-state index >= 15 is 0 Å². The molecule has 0 aliphatic rings. The van der Waals surface area contributed by atoms with Gasteiger partial charge in [0.1, 0.15) is 0 Å². The smallest absolute Gasteiger partial charge is 0.241 e. The fourth-order valence-electron chi connectivity index (χ4n) is 1.09. The van der Waals surface area contributed by atoms with Crippen LogP contribution in [0.4, 0.5) is 10.2 Å². The molecule has 2 N–H and O–H groups in total. The highest BCUT2D eigenvalue weighted by molar-refractivity contribution is 5.90. The highest BCUT2D eigenvalue weighted by atomic mass is 19.1. The summed E-state index contributed by atoms with van der Waals surface area (Å²) in [5, 5.41) is 7.73. The van der Waals surface area contributed by atoms with Crippen LogP contribution in [-0.4, -0.2) is 10.2 Å². The van der Waals surface area contributed by atoms with E-state index in [-0.39, 0.29) is 5.82 Å². The zero-order chi connectivity index (χ0) is 8.55. The molecular formula is C8H6FN3. The molecule has 0 atom stereocenters. The average molecular weight is 163 g/mol. The van der Waals surface area contributed by atoms with E-state index in [1.54, 1.807) is 24.3 Å². The van der Waals surface area contributed by atoms with Gasteiger partial charge in [-0.15, -0.1) is 10.2 Å². The van der Waals surface area contributed by atoms with Crippen LogP contribution in [0.25, 0.3) is 10.8 Å².